The molecule has 2 aromatic rings. The molecular weight excluding hydrogens is 350 g/mol. The lowest BCUT2D eigenvalue weighted by Crippen LogP contribution is -2.03. The first-order valence-corrected chi connectivity index (χ1v) is 8.14. The predicted octanol–water partition coefficient (Wildman–Crippen LogP) is 4.82. The fourth-order valence-corrected chi connectivity index (χ4v) is 3.84. The van der Waals surface area contributed by atoms with Gasteiger partial charge in [0.1, 0.15) is 0 Å². The van der Waals surface area contributed by atoms with E-state index in [1.807, 2.05) is 12.1 Å². The molecule has 0 fully saturated rings. The van der Waals surface area contributed by atoms with Crippen molar-refractivity contribution in [2.45, 2.75) is 24.6 Å². The molecule has 0 aliphatic carbocycles. The van der Waals surface area contributed by atoms with Gasteiger partial charge in [-0.05, 0) is 36.1 Å². The van der Waals surface area contributed by atoms with Crippen LogP contribution >= 0.6 is 27.5 Å². The molecule has 0 bridgehead atoms. The molecule has 4 heteroatoms. The topological polar surface area (TPSA) is 29.1 Å². The van der Waals surface area contributed by atoms with E-state index in [2.05, 4.69) is 52.4 Å². The van der Waals surface area contributed by atoms with Crippen LogP contribution in [0.25, 0.3) is 0 Å². The minimum Gasteiger partial charge on any atom is -0.325 e. The van der Waals surface area contributed by atoms with Crippen molar-refractivity contribution in [2.24, 2.45) is 0 Å². The predicted molar refractivity (Wildman–Crippen MR) is 90.3 cm³/mol. The molecule has 0 saturated heterocycles. The number of halogens is 2. The second-order valence-electron chi connectivity index (χ2n) is 5.42. The highest BCUT2D eigenvalue weighted by Crippen LogP contribution is 2.37. The number of amides is 1. The van der Waals surface area contributed by atoms with E-state index in [4.69, 9.17) is 11.6 Å². The van der Waals surface area contributed by atoms with Gasteiger partial charge in [0.25, 0.3) is 0 Å². The van der Waals surface area contributed by atoms with Gasteiger partial charge in [0.15, 0.2) is 0 Å². The molecule has 108 valence electrons. The summed E-state index contributed by atoms with van der Waals surface area (Å²) in [7, 11) is 0. The van der Waals surface area contributed by atoms with Crippen LogP contribution in [0.2, 0.25) is 5.02 Å². The van der Waals surface area contributed by atoms with Gasteiger partial charge in [-0.15, -0.1) is 0 Å². The first kappa shape index (κ1) is 14.6. The molecule has 1 unspecified atom stereocenters. The minimum absolute atomic E-state index is 0.0306. The van der Waals surface area contributed by atoms with Gasteiger partial charge in [0, 0.05) is 15.5 Å². The lowest BCUT2D eigenvalue weighted by Gasteiger charge is -2.14. The summed E-state index contributed by atoms with van der Waals surface area (Å²) in [6.07, 6.45) is 1.30. The summed E-state index contributed by atoms with van der Waals surface area (Å²) >= 11 is 10.1. The van der Waals surface area contributed by atoms with E-state index in [0.29, 0.717) is 11.4 Å². The van der Waals surface area contributed by atoms with Crippen molar-refractivity contribution in [3.05, 3.63) is 63.7 Å². The molecule has 0 spiro atoms. The minimum atomic E-state index is 0.0306. The second-order valence-corrected chi connectivity index (χ2v) is 6.93. The van der Waals surface area contributed by atoms with E-state index >= 15 is 0 Å². The molecule has 21 heavy (non-hydrogen) atoms. The van der Waals surface area contributed by atoms with Crippen molar-refractivity contribution in [2.75, 3.05) is 5.32 Å². The zero-order chi connectivity index (χ0) is 15.0. The third kappa shape index (κ3) is 3.14. The van der Waals surface area contributed by atoms with E-state index in [0.717, 1.165) is 23.2 Å². The third-order valence-corrected chi connectivity index (χ3v) is 4.83. The fourth-order valence-electron chi connectivity index (χ4n) is 2.66. The van der Waals surface area contributed by atoms with Crippen molar-refractivity contribution in [1.29, 1.82) is 0 Å². The lowest BCUT2D eigenvalue weighted by molar-refractivity contribution is -0.115. The zero-order valence-corrected chi connectivity index (χ0v) is 14.0. The summed E-state index contributed by atoms with van der Waals surface area (Å²) in [5.74, 6) is 0.0306. The number of rotatable bonds is 3. The summed E-state index contributed by atoms with van der Waals surface area (Å²) in [5.41, 5.74) is 5.41. The van der Waals surface area contributed by atoms with E-state index in [1.165, 1.54) is 11.1 Å². The van der Waals surface area contributed by atoms with Gasteiger partial charge in [0.05, 0.1) is 6.42 Å². The number of hydrogen-bond acceptors (Lipinski definition) is 1. The number of anilines is 1. The number of alkyl halides is 1. The molecule has 0 saturated carbocycles. The molecule has 2 nitrogen and oxygen atoms in total. The first-order chi connectivity index (χ1) is 10.0. The van der Waals surface area contributed by atoms with Crippen molar-refractivity contribution in [3.8, 4) is 0 Å². The van der Waals surface area contributed by atoms with E-state index in [-0.39, 0.29) is 10.7 Å². The Bertz CT molecular complexity index is 714. The summed E-state index contributed by atoms with van der Waals surface area (Å²) in [4.78, 5) is 11.6. The Hall–Kier alpha value is -1.32. The van der Waals surface area contributed by atoms with Crippen LogP contribution in [0.15, 0.2) is 36.4 Å². The van der Waals surface area contributed by atoms with Crippen LogP contribution in [-0.4, -0.2) is 5.91 Å². The SMILES string of the molecule is Cc1cccc(CC(Br)c2cc3c(cc2Cl)NC(=O)C3)c1. The Morgan fingerprint density at radius 3 is 2.90 bits per heavy atom. The number of aryl methyl sites for hydroxylation is 1. The van der Waals surface area contributed by atoms with Crippen LogP contribution in [0.3, 0.4) is 0 Å². The lowest BCUT2D eigenvalue weighted by atomic mass is 10.0. The number of carbonyl (C=O) groups excluding carboxylic acids is 1. The highest BCUT2D eigenvalue weighted by molar-refractivity contribution is 9.09. The summed E-state index contributed by atoms with van der Waals surface area (Å²) in [6.45, 7) is 2.09. The number of nitrogens with one attached hydrogen (secondary N) is 1. The highest BCUT2D eigenvalue weighted by Gasteiger charge is 2.22. The smallest absolute Gasteiger partial charge is 0.228 e. The van der Waals surface area contributed by atoms with Crippen molar-refractivity contribution < 1.29 is 4.79 Å². The molecule has 1 aliphatic heterocycles. The van der Waals surface area contributed by atoms with Gasteiger partial charge in [0.2, 0.25) is 5.91 Å². The van der Waals surface area contributed by atoms with Crippen LogP contribution < -0.4 is 5.32 Å². The van der Waals surface area contributed by atoms with Crippen molar-refractivity contribution in [1.82, 2.24) is 0 Å². The number of carbonyl (C=O) groups is 1. The molecular formula is C17H15BrClNO. The second kappa shape index (κ2) is 5.82. The van der Waals surface area contributed by atoms with Crippen LogP contribution in [0.1, 0.15) is 27.1 Å². The molecule has 1 N–H and O–H groups in total. The molecule has 0 aromatic heterocycles. The number of fused-ring (bicyclic) bond motifs is 1. The first-order valence-electron chi connectivity index (χ1n) is 6.84. The monoisotopic (exact) mass is 363 g/mol. The third-order valence-electron chi connectivity index (χ3n) is 3.68. The van der Waals surface area contributed by atoms with E-state index in [9.17, 15) is 4.79 Å². The molecule has 1 amide bonds. The van der Waals surface area contributed by atoms with Gasteiger partial charge in [-0.25, -0.2) is 0 Å². The van der Waals surface area contributed by atoms with E-state index < -0.39 is 0 Å². The molecule has 3 rings (SSSR count). The summed E-state index contributed by atoms with van der Waals surface area (Å²) < 4.78 is 0. The maximum atomic E-state index is 11.5. The average Bonchev–Trinajstić information content (AvgIpc) is 2.76. The maximum Gasteiger partial charge on any atom is 0.228 e. The summed E-state index contributed by atoms with van der Waals surface area (Å²) in [6, 6.07) is 12.3. The van der Waals surface area contributed by atoms with Gasteiger partial charge in [-0.1, -0.05) is 63.4 Å². The van der Waals surface area contributed by atoms with Gasteiger partial charge in [-0.3, -0.25) is 4.79 Å². The average molecular weight is 365 g/mol. The van der Waals surface area contributed by atoms with Gasteiger partial charge < -0.3 is 5.32 Å². The molecule has 1 atom stereocenters. The Morgan fingerprint density at radius 1 is 1.33 bits per heavy atom. The normalized spacial score (nSPS) is 14.7. The molecule has 2 aromatic carbocycles. The maximum absolute atomic E-state index is 11.5. The molecule has 1 aliphatic rings. The van der Waals surface area contributed by atoms with Crippen molar-refractivity contribution in [3.63, 3.8) is 0 Å². The highest BCUT2D eigenvalue weighted by atomic mass is 79.9. The quantitative estimate of drug-likeness (QED) is 0.777. The molecule has 1 heterocycles. The van der Waals surface area contributed by atoms with Crippen molar-refractivity contribution >= 4 is 39.1 Å². The Morgan fingerprint density at radius 2 is 2.14 bits per heavy atom. The number of benzene rings is 2. The zero-order valence-electron chi connectivity index (χ0n) is 11.6. The summed E-state index contributed by atoms with van der Waals surface area (Å²) in [5, 5.41) is 3.51. The van der Waals surface area contributed by atoms with Gasteiger partial charge in [-0.2, -0.15) is 0 Å². The fraction of sp³-hybridized carbons (Fsp3) is 0.235. The van der Waals surface area contributed by atoms with Crippen LogP contribution in [0.5, 0.6) is 0 Å². The van der Waals surface area contributed by atoms with Gasteiger partial charge >= 0.3 is 0 Å². The largest absolute Gasteiger partial charge is 0.325 e. The Labute approximate surface area is 137 Å². The Kier molecular flexibility index (Phi) is 4.05. The van der Waals surface area contributed by atoms with Crippen LogP contribution in [-0.2, 0) is 17.6 Å². The molecule has 0 radical (unpaired) electrons. The Balaban J connectivity index is 1.87. The van der Waals surface area contributed by atoms with Crippen LogP contribution in [0.4, 0.5) is 5.69 Å². The number of hydrogen-bond donors (Lipinski definition) is 1. The standard InChI is InChI=1S/C17H15BrClNO/c1-10-3-2-4-11(5-10)6-14(18)13-7-12-8-17(21)20-16(12)9-15(13)19/h2-5,7,9,14H,6,8H2,1H3,(H,20,21). The van der Waals surface area contributed by atoms with E-state index in [1.54, 1.807) is 0 Å². The van der Waals surface area contributed by atoms with Crippen LogP contribution in [0, 0.1) is 6.92 Å².